The number of fused-ring (bicyclic) bond motifs is 1. The number of nitrogens with zero attached hydrogens (tertiary/aromatic N) is 1. The second kappa shape index (κ2) is 9.28. The van der Waals surface area contributed by atoms with Crippen LogP contribution >= 0.6 is 11.6 Å². The van der Waals surface area contributed by atoms with Crippen LogP contribution in [0.3, 0.4) is 0 Å². The SMILES string of the molecule is CCN1c2ccc(Cl)cc2C(c2ccccc2)=C(C(=O)Nc2c(C)cccc2C(C)C)S1(=O)=O. The standard InChI is InChI=1S/C27H27ClN2O3S/c1-5-30-23-15-14-20(28)16-22(23)24(19-11-7-6-8-12-19)26(34(30,32)33)27(31)29-25-18(4)10-9-13-21(25)17(2)3/h6-17H,5H2,1-4H3,(H,29,31). The second-order valence-electron chi connectivity index (χ2n) is 8.55. The van der Waals surface area contributed by atoms with Gasteiger partial charge in [-0.3, -0.25) is 9.10 Å². The van der Waals surface area contributed by atoms with Crippen LogP contribution in [0, 0.1) is 6.92 Å². The number of nitrogens with one attached hydrogen (secondary N) is 1. The molecule has 176 valence electrons. The van der Waals surface area contributed by atoms with Gasteiger partial charge in [0.1, 0.15) is 0 Å². The monoisotopic (exact) mass is 494 g/mol. The first-order valence-corrected chi connectivity index (χ1v) is 13.0. The van der Waals surface area contributed by atoms with Gasteiger partial charge >= 0.3 is 0 Å². The molecule has 3 aromatic carbocycles. The highest BCUT2D eigenvalue weighted by Gasteiger charge is 2.41. The van der Waals surface area contributed by atoms with E-state index in [2.05, 4.69) is 5.32 Å². The van der Waals surface area contributed by atoms with Crippen LogP contribution in [-0.2, 0) is 14.8 Å². The topological polar surface area (TPSA) is 66.5 Å². The molecule has 4 rings (SSSR count). The van der Waals surface area contributed by atoms with Crippen LogP contribution in [0.2, 0.25) is 5.02 Å². The third-order valence-electron chi connectivity index (χ3n) is 5.99. The van der Waals surface area contributed by atoms with Gasteiger partial charge in [0.25, 0.3) is 15.9 Å². The molecular weight excluding hydrogens is 468 g/mol. The Morgan fingerprint density at radius 2 is 1.74 bits per heavy atom. The van der Waals surface area contributed by atoms with Crippen molar-refractivity contribution in [2.75, 3.05) is 16.2 Å². The molecule has 0 radical (unpaired) electrons. The van der Waals surface area contributed by atoms with Crippen molar-refractivity contribution in [2.45, 2.75) is 33.6 Å². The number of carbonyl (C=O) groups is 1. The number of aryl methyl sites for hydroxylation is 1. The van der Waals surface area contributed by atoms with Gasteiger partial charge in [0.2, 0.25) is 0 Å². The summed E-state index contributed by atoms with van der Waals surface area (Å²) in [5.74, 6) is -0.522. The van der Waals surface area contributed by atoms with Gasteiger partial charge in [-0.15, -0.1) is 0 Å². The number of para-hydroxylation sites is 1. The fourth-order valence-corrected chi connectivity index (χ4v) is 6.31. The van der Waals surface area contributed by atoms with E-state index < -0.39 is 15.9 Å². The molecule has 0 fully saturated rings. The van der Waals surface area contributed by atoms with Gasteiger partial charge in [-0.1, -0.05) is 74.0 Å². The third kappa shape index (κ3) is 4.12. The molecule has 0 aliphatic carbocycles. The van der Waals surface area contributed by atoms with Crippen molar-refractivity contribution in [3.05, 3.63) is 98.9 Å². The highest BCUT2D eigenvalue weighted by Crippen LogP contribution is 2.44. The lowest BCUT2D eigenvalue weighted by Gasteiger charge is -2.33. The van der Waals surface area contributed by atoms with Crippen molar-refractivity contribution in [3.63, 3.8) is 0 Å². The van der Waals surface area contributed by atoms with Gasteiger partial charge in [0, 0.05) is 28.4 Å². The molecule has 5 nitrogen and oxygen atoms in total. The Morgan fingerprint density at radius 3 is 2.38 bits per heavy atom. The zero-order valence-corrected chi connectivity index (χ0v) is 21.2. The predicted molar refractivity (Wildman–Crippen MR) is 140 cm³/mol. The molecule has 0 atom stereocenters. The van der Waals surface area contributed by atoms with E-state index in [1.807, 2.05) is 57.2 Å². The van der Waals surface area contributed by atoms with Crippen molar-refractivity contribution in [1.29, 1.82) is 0 Å². The first-order valence-electron chi connectivity index (χ1n) is 11.2. The fourth-order valence-electron chi connectivity index (χ4n) is 4.39. The Bertz CT molecular complexity index is 1400. The maximum Gasteiger partial charge on any atom is 0.270 e. The van der Waals surface area contributed by atoms with Crippen LogP contribution in [0.1, 0.15) is 48.9 Å². The lowest BCUT2D eigenvalue weighted by molar-refractivity contribution is -0.112. The number of sulfonamides is 1. The highest BCUT2D eigenvalue weighted by atomic mass is 35.5. The van der Waals surface area contributed by atoms with Crippen LogP contribution in [-0.4, -0.2) is 20.9 Å². The Balaban J connectivity index is 2.01. The maximum absolute atomic E-state index is 13.9. The zero-order valence-electron chi connectivity index (χ0n) is 19.6. The van der Waals surface area contributed by atoms with Gasteiger partial charge in [-0.2, -0.15) is 0 Å². The van der Waals surface area contributed by atoms with Gasteiger partial charge in [-0.05, 0) is 54.7 Å². The first kappa shape index (κ1) is 24.0. The summed E-state index contributed by atoms with van der Waals surface area (Å²) in [6, 6.07) is 19.9. The van der Waals surface area contributed by atoms with Crippen LogP contribution in [0.5, 0.6) is 0 Å². The lowest BCUT2D eigenvalue weighted by atomic mass is 9.95. The molecule has 3 aromatic rings. The van der Waals surface area contributed by atoms with Gasteiger partial charge in [0.15, 0.2) is 4.91 Å². The van der Waals surface area contributed by atoms with Crippen LogP contribution in [0.25, 0.3) is 5.57 Å². The average molecular weight is 495 g/mol. The zero-order chi connectivity index (χ0) is 24.6. The number of amides is 1. The van der Waals surface area contributed by atoms with E-state index >= 15 is 0 Å². The molecule has 0 unspecified atom stereocenters. The number of anilines is 2. The van der Waals surface area contributed by atoms with E-state index in [0.717, 1.165) is 11.1 Å². The van der Waals surface area contributed by atoms with Crippen LogP contribution in [0.15, 0.2) is 71.6 Å². The molecule has 1 amide bonds. The Morgan fingerprint density at radius 1 is 1.03 bits per heavy atom. The number of benzene rings is 3. The summed E-state index contributed by atoms with van der Waals surface area (Å²) >= 11 is 6.33. The molecule has 0 spiro atoms. The lowest BCUT2D eigenvalue weighted by Crippen LogP contribution is -2.39. The number of carbonyl (C=O) groups excluding carboxylic acids is 1. The molecule has 0 saturated heterocycles. The van der Waals surface area contributed by atoms with Gasteiger partial charge in [0.05, 0.1) is 5.69 Å². The molecule has 1 aliphatic heterocycles. The first-order chi connectivity index (χ1) is 16.2. The number of halogens is 1. The summed E-state index contributed by atoms with van der Waals surface area (Å²) in [6.07, 6.45) is 0. The summed E-state index contributed by atoms with van der Waals surface area (Å²) < 4.78 is 29.0. The molecular formula is C27H27ClN2O3S. The molecule has 1 N–H and O–H groups in total. The average Bonchev–Trinajstić information content (AvgIpc) is 2.79. The molecule has 7 heteroatoms. The predicted octanol–water partition coefficient (Wildman–Crippen LogP) is 6.34. The molecule has 0 bridgehead atoms. The smallest absolute Gasteiger partial charge is 0.270 e. The number of hydrogen-bond acceptors (Lipinski definition) is 3. The van der Waals surface area contributed by atoms with Gasteiger partial charge in [-0.25, -0.2) is 8.42 Å². The van der Waals surface area contributed by atoms with E-state index in [4.69, 9.17) is 11.6 Å². The minimum Gasteiger partial charge on any atom is -0.321 e. The maximum atomic E-state index is 13.9. The van der Waals surface area contributed by atoms with E-state index in [0.29, 0.717) is 33.1 Å². The van der Waals surface area contributed by atoms with Crippen LogP contribution < -0.4 is 9.62 Å². The highest BCUT2D eigenvalue weighted by molar-refractivity contribution is 7.97. The third-order valence-corrected chi connectivity index (χ3v) is 8.17. The molecule has 0 saturated carbocycles. The van der Waals surface area contributed by atoms with Crippen molar-refractivity contribution >= 4 is 44.5 Å². The van der Waals surface area contributed by atoms with E-state index in [-0.39, 0.29) is 17.4 Å². The van der Waals surface area contributed by atoms with Crippen molar-refractivity contribution in [2.24, 2.45) is 0 Å². The Kier molecular flexibility index (Phi) is 6.56. The van der Waals surface area contributed by atoms with Crippen LogP contribution in [0.4, 0.5) is 11.4 Å². The van der Waals surface area contributed by atoms with E-state index in [9.17, 15) is 13.2 Å². The van der Waals surface area contributed by atoms with Crippen molar-refractivity contribution in [3.8, 4) is 0 Å². The van der Waals surface area contributed by atoms with E-state index in [1.165, 1.54) is 4.31 Å². The minimum absolute atomic E-state index is 0.146. The minimum atomic E-state index is -4.15. The largest absolute Gasteiger partial charge is 0.321 e. The number of rotatable bonds is 5. The molecule has 34 heavy (non-hydrogen) atoms. The molecule has 0 aromatic heterocycles. The quantitative estimate of drug-likeness (QED) is 0.450. The van der Waals surface area contributed by atoms with Crippen molar-refractivity contribution < 1.29 is 13.2 Å². The van der Waals surface area contributed by atoms with Gasteiger partial charge < -0.3 is 5.32 Å². The van der Waals surface area contributed by atoms with Crippen molar-refractivity contribution in [1.82, 2.24) is 0 Å². The van der Waals surface area contributed by atoms with E-state index in [1.54, 1.807) is 37.3 Å². The summed E-state index contributed by atoms with van der Waals surface area (Å²) in [7, 11) is -4.15. The second-order valence-corrected chi connectivity index (χ2v) is 10.8. The molecule has 1 aliphatic rings. The summed E-state index contributed by atoms with van der Waals surface area (Å²) in [5, 5.41) is 3.40. The number of hydrogen-bond donors (Lipinski definition) is 1. The Hall–Kier alpha value is -3.09. The summed E-state index contributed by atoms with van der Waals surface area (Å²) in [5.41, 5.74) is 4.53. The summed E-state index contributed by atoms with van der Waals surface area (Å²) in [4.78, 5) is 13.6. The summed E-state index contributed by atoms with van der Waals surface area (Å²) in [6.45, 7) is 7.90. The Labute approximate surface area is 206 Å². The normalized spacial score (nSPS) is 14.8. The fraction of sp³-hybridized carbons (Fsp3) is 0.222. The molecule has 1 heterocycles.